The maximum atomic E-state index is 12.9. The average Bonchev–Trinajstić information content (AvgIpc) is 2.65. The van der Waals surface area contributed by atoms with E-state index in [1.807, 2.05) is 0 Å². The summed E-state index contributed by atoms with van der Waals surface area (Å²) in [7, 11) is -2.49. The molecule has 0 aliphatic rings. The number of esters is 1. The molecule has 0 spiro atoms. The topological polar surface area (TPSA) is 92.8 Å². The first-order valence-electron chi connectivity index (χ1n) is 8.41. The van der Waals surface area contributed by atoms with Gasteiger partial charge in [0.1, 0.15) is 6.04 Å². The van der Waals surface area contributed by atoms with E-state index in [4.69, 9.17) is 11.6 Å². The van der Waals surface area contributed by atoms with E-state index < -0.39 is 27.9 Å². The quantitative estimate of drug-likeness (QED) is 0.688. The largest absolute Gasteiger partial charge is 0.465 e. The van der Waals surface area contributed by atoms with Crippen molar-refractivity contribution in [3.05, 3.63) is 59.1 Å². The number of rotatable bonds is 7. The van der Waals surface area contributed by atoms with Gasteiger partial charge in [-0.1, -0.05) is 24.6 Å². The molecule has 28 heavy (non-hydrogen) atoms. The average molecular weight is 425 g/mol. The smallest absolute Gasteiger partial charge is 0.337 e. The first-order valence-corrected chi connectivity index (χ1v) is 10.6. The molecular formula is C19H21ClN2O5S. The predicted molar refractivity (Wildman–Crippen MR) is 109 cm³/mol. The highest BCUT2D eigenvalue weighted by molar-refractivity contribution is 7.92. The fourth-order valence-electron chi connectivity index (χ4n) is 2.72. The fraction of sp³-hybridized carbons (Fsp3) is 0.263. The van der Waals surface area contributed by atoms with Crippen LogP contribution in [0.25, 0.3) is 0 Å². The van der Waals surface area contributed by atoms with E-state index in [-0.39, 0.29) is 12.0 Å². The lowest BCUT2D eigenvalue weighted by molar-refractivity contribution is -0.117. The van der Waals surface area contributed by atoms with Crippen LogP contribution in [0.2, 0.25) is 5.02 Å². The molecule has 0 fully saturated rings. The van der Waals surface area contributed by atoms with Gasteiger partial charge < -0.3 is 10.1 Å². The van der Waals surface area contributed by atoms with Crippen molar-refractivity contribution in [1.82, 2.24) is 0 Å². The number of nitrogens with one attached hydrogen (secondary N) is 1. The van der Waals surface area contributed by atoms with Gasteiger partial charge in [-0.25, -0.2) is 13.2 Å². The fourth-order valence-corrected chi connectivity index (χ4v) is 4.05. The Hall–Kier alpha value is -2.58. The summed E-state index contributed by atoms with van der Waals surface area (Å²) in [5, 5.41) is 3.12. The van der Waals surface area contributed by atoms with E-state index >= 15 is 0 Å². The van der Waals surface area contributed by atoms with Gasteiger partial charge in [-0.15, -0.1) is 0 Å². The van der Waals surface area contributed by atoms with Crippen molar-refractivity contribution in [2.45, 2.75) is 19.4 Å². The van der Waals surface area contributed by atoms with Crippen LogP contribution in [0.5, 0.6) is 0 Å². The van der Waals surface area contributed by atoms with Crippen LogP contribution in [-0.4, -0.2) is 39.7 Å². The SMILES string of the molecule is CCC(C(=O)Nc1cccc(C(=O)OC)c1)N(c1ccc(Cl)cc1)S(C)(=O)=O. The highest BCUT2D eigenvalue weighted by Gasteiger charge is 2.31. The number of hydrogen-bond donors (Lipinski definition) is 1. The van der Waals surface area contributed by atoms with Crippen LogP contribution in [-0.2, 0) is 19.6 Å². The van der Waals surface area contributed by atoms with Crippen molar-refractivity contribution >= 4 is 44.9 Å². The summed E-state index contributed by atoms with van der Waals surface area (Å²) >= 11 is 5.88. The van der Waals surface area contributed by atoms with Gasteiger partial charge >= 0.3 is 5.97 Å². The van der Waals surface area contributed by atoms with Crippen LogP contribution in [0.3, 0.4) is 0 Å². The molecule has 0 aliphatic heterocycles. The van der Waals surface area contributed by atoms with Gasteiger partial charge in [0.15, 0.2) is 0 Å². The third-order valence-electron chi connectivity index (χ3n) is 3.96. The Kier molecular flexibility index (Phi) is 7.04. The Morgan fingerprint density at radius 3 is 2.36 bits per heavy atom. The third-order valence-corrected chi connectivity index (χ3v) is 5.39. The van der Waals surface area contributed by atoms with E-state index in [1.54, 1.807) is 37.3 Å². The molecule has 0 heterocycles. The van der Waals surface area contributed by atoms with Crippen molar-refractivity contribution in [2.75, 3.05) is 23.0 Å². The van der Waals surface area contributed by atoms with E-state index in [2.05, 4.69) is 10.1 Å². The van der Waals surface area contributed by atoms with Crippen LogP contribution in [0.15, 0.2) is 48.5 Å². The Balaban J connectivity index is 2.34. The van der Waals surface area contributed by atoms with Gasteiger partial charge in [0.25, 0.3) is 0 Å². The monoisotopic (exact) mass is 424 g/mol. The van der Waals surface area contributed by atoms with E-state index in [0.717, 1.165) is 10.6 Å². The van der Waals surface area contributed by atoms with E-state index in [1.165, 1.54) is 25.3 Å². The summed E-state index contributed by atoms with van der Waals surface area (Å²) < 4.78 is 30.5. The van der Waals surface area contributed by atoms with Crippen molar-refractivity contribution < 1.29 is 22.7 Å². The zero-order valence-corrected chi connectivity index (χ0v) is 17.3. The Morgan fingerprint density at radius 1 is 1.18 bits per heavy atom. The normalized spacial score (nSPS) is 12.1. The van der Waals surface area contributed by atoms with Crippen molar-refractivity contribution in [3.63, 3.8) is 0 Å². The molecule has 0 aromatic heterocycles. The first-order chi connectivity index (χ1) is 13.2. The van der Waals surface area contributed by atoms with Gasteiger partial charge in [0.2, 0.25) is 15.9 Å². The van der Waals surface area contributed by atoms with Crippen molar-refractivity contribution in [1.29, 1.82) is 0 Å². The molecule has 9 heteroatoms. The number of hydrogen-bond acceptors (Lipinski definition) is 5. The summed E-state index contributed by atoms with van der Waals surface area (Å²) in [4.78, 5) is 24.5. The lowest BCUT2D eigenvalue weighted by Crippen LogP contribution is -2.47. The number of carbonyl (C=O) groups excluding carboxylic acids is 2. The van der Waals surface area contributed by atoms with Gasteiger partial charge in [-0.05, 0) is 48.9 Å². The molecule has 2 rings (SSSR count). The highest BCUT2D eigenvalue weighted by Crippen LogP contribution is 2.25. The zero-order valence-electron chi connectivity index (χ0n) is 15.7. The first kappa shape index (κ1) is 21.7. The lowest BCUT2D eigenvalue weighted by Gasteiger charge is -2.30. The molecule has 150 valence electrons. The predicted octanol–water partition coefficient (Wildman–Crippen LogP) is 3.31. The molecule has 1 amide bonds. The second kappa shape index (κ2) is 9.07. The molecule has 2 aromatic rings. The van der Waals surface area contributed by atoms with Crippen molar-refractivity contribution in [2.24, 2.45) is 0 Å². The van der Waals surface area contributed by atoms with E-state index in [9.17, 15) is 18.0 Å². The van der Waals surface area contributed by atoms with Crippen LogP contribution in [0, 0.1) is 0 Å². The Labute approximate surface area is 169 Å². The molecule has 1 atom stereocenters. The Bertz CT molecular complexity index is 961. The van der Waals surface area contributed by atoms with Gasteiger partial charge in [0.05, 0.1) is 24.6 Å². The maximum Gasteiger partial charge on any atom is 0.337 e. The second-order valence-electron chi connectivity index (χ2n) is 6.02. The molecule has 0 saturated carbocycles. The number of amides is 1. The minimum atomic E-state index is -3.75. The molecule has 7 nitrogen and oxygen atoms in total. The molecule has 0 aliphatic carbocycles. The molecule has 0 saturated heterocycles. The minimum absolute atomic E-state index is 0.234. The molecule has 1 unspecified atom stereocenters. The number of benzene rings is 2. The number of methoxy groups -OCH3 is 1. The molecule has 0 bridgehead atoms. The summed E-state index contributed by atoms with van der Waals surface area (Å²) in [6, 6.07) is 11.4. The highest BCUT2D eigenvalue weighted by atomic mass is 35.5. The second-order valence-corrected chi connectivity index (χ2v) is 8.32. The molecule has 2 aromatic carbocycles. The van der Waals surface area contributed by atoms with Crippen molar-refractivity contribution in [3.8, 4) is 0 Å². The summed E-state index contributed by atoms with van der Waals surface area (Å²) in [6.07, 6.45) is 1.27. The number of sulfonamides is 1. The summed E-state index contributed by atoms with van der Waals surface area (Å²) in [6.45, 7) is 1.71. The van der Waals surface area contributed by atoms with Gasteiger partial charge in [-0.3, -0.25) is 9.10 Å². The lowest BCUT2D eigenvalue weighted by atomic mass is 10.1. The standard InChI is InChI=1S/C19H21ClN2O5S/c1-4-17(22(28(3,25)26)16-10-8-14(20)9-11-16)18(23)21-15-7-5-6-13(12-15)19(24)27-2/h5-12,17H,4H2,1-3H3,(H,21,23). The van der Waals surface area contributed by atoms with Gasteiger partial charge in [0, 0.05) is 10.7 Å². The maximum absolute atomic E-state index is 12.9. The summed E-state index contributed by atoms with van der Waals surface area (Å²) in [5.74, 6) is -1.06. The minimum Gasteiger partial charge on any atom is -0.465 e. The van der Waals surface area contributed by atoms with Crippen LogP contribution in [0.1, 0.15) is 23.7 Å². The Morgan fingerprint density at radius 2 is 1.82 bits per heavy atom. The molecule has 1 N–H and O–H groups in total. The molecule has 0 radical (unpaired) electrons. The van der Waals surface area contributed by atoms with E-state index in [0.29, 0.717) is 16.4 Å². The number of carbonyl (C=O) groups is 2. The zero-order chi connectivity index (χ0) is 20.9. The van der Waals surface area contributed by atoms with Crippen LogP contribution in [0.4, 0.5) is 11.4 Å². The third kappa shape index (κ3) is 5.24. The number of anilines is 2. The van der Waals surface area contributed by atoms with Crippen LogP contribution < -0.4 is 9.62 Å². The number of halogens is 1. The molecular weight excluding hydrogens is 404 g/mol. The van der Waals surface area contributed by atoms with Crippen LogP contribution >= 0.6 is 11.6 Å². The number of ether oxygens (including phenoxy) is 1. The van der Waals surface area contributed by atoms with Gasteiger partial charge in [-0.2, -0.15) is 0 Å². The summed E-state index contributed by atoms with van der Waals surface area (Å²) in [5.41, 5.74) is 0.958. The number of nitrogens with zero attached hydrogens (tertiary/aromatic N) is 1.